The van der Waals surface area contributed by atoms with Crippen LogP contribution in [0, 0.1) is 12.8 Å². The molecule has 1 aromatic carbocycles. The number of aryl methyl sites for hydroxylation is 1. The van der Waals surface area contributed by atoms with Crippen LogP contribution in [-0.2, 0) is 10.0 Å². The maximum atomic E-state index is 12.0. The highest BCUT2D eigenvalue weighted by atomic mass is 32.2. The third kappa shape index (κ3) is 3.73. The van der Waals surface area contributed by atoms with Gasteiger partial charge in [-0.2, -0.15) is 25.3 Å². The smallest absolute Gasteiger partial charge is 0.200 e. The third-order valence-electron chi connectivity index (χ3n) is 3.19. The maximum Gasteiger partial charge on any atom is 0.276 e. The molecule has 2 rings (SSSR count). The predicted molar refractivity (Wildman–Crippen MR) is 80.0 cm³/mol. The van der Waals surface area contributed by atoms with Crippen molar-refractivity contribution in [2.45, 2.75) is 25.2 Å². The molecule has 1 N–H and O–H groups in total. The minimum Gasteiger partial charge on any atom is -0.200 e. The zero-order valence-corrected chi connectivity index (χ0v) is 12.7. The van der Waals surface area contributed by atoms with Crippen molar-refractivity contribution in [1.29, 1.82) is 0 Å². The van der Waals surface area contributed by atoms with Gasteiger partial charge in [-0.1, -0.05) is 17.7 Å². The number of rotatable bonds is 4. The third-order valence-corrected chi connectivity index (χ3v) is 5.58. The lowest BCUT2D eigenvalue weighted by atomic mass is 10.1. The minimum absolute atomic E-state index is 0.246. The van der Waals surface area contributed by atoms with E-state index < -0.39 is 10.0 Å². The highest BCUT2D eigenvalue weighted by Crippen LogP contribution is 2.24. The summed E-state index contributed by atoms with van der Waals surface area (Å²) in [6.45, 7) is 3.80. The zero-order valence-electron chi connectivity index (χ0n) is 11.1. The molecule has 1 aliphatic heterocycles. The molecule has 0 saturated carbocycles. The fourth-order valence-corrected chi connectivity index (χ4v) is 4.03. The summed E-state index contributed by atoms with van der Waals surface area (Å²) in [7, 11) is -3.55. The van der Waals surface area contributed by atoms with Gasteiger partial charge in [-0.25, -0.2) is 4.83 Å². The van der Waals surface area contributed by atoms with Crippen molar-refractivity contribution >= 4 is 27.5 Å². The van der Waals surface area contributed by atoms with E-state index in [1.54, 1.807) is 24.3 Å². The Kier molecular flexibility index (Phi) is 4.52. The van der Waals surface area contributed by atoms with Crippen LogP contribution in [0.15, 0.2) is 34.3 Å². The van der Waals surface area contributed by atoms with Gasteiger partial charge in [0.15, 0.2) is 0 Å². The lowest BCUT2D eigenvalue weighted by molar-refractivity contribution is 0.583. The number of hydrazone groups is 1. The number of hydrogen-bond donors (Lipinski definition) is 1. The van der Waals surface area contributed by atoms with Gasteiger partial charge < -0.3 is 0 Å². The van der Waals surface area contributed by atoms with Crippen molar-refractivity contribution in [2.24, 2.45) is 11.0 Å². The molecule has 19 heavy (non-hydrogen) atoms. The van der Waals surface area contributed by atoms with Crippen LogP contribution < -0.4 is 4.83 Å². The molecule has 0 amide bonds. The van der Waals surface area contributed by atoms with Gasteiger partial charge in [0.2, 0.25) is 0 Å². The standard InChI is InChI=1S/C13H18N2O2S2/c1-10-3-5-13(6-4-10)19(16,17)15-14-11(2)12-7-8-18-9-12/h3-6,12,15H,7-9H2,1-2H3. The number of nitrogens with one attached hydrogen (secondary N) is 1. The fraction of sp³-hybridized carbons (Fsp3) is 0.462. The molecule has 0 radical (unpaired) electrons. The number of benzene rings is 1. The van der Waals surface area contributed by atoms with Crippen LogP contribution in [0.3, 0.4) is 0 Å². The Morgan fingerprint density at radius 2 is 2.05 bits per heavy atom. The largest absolute Gasteiger partial charge is 0.276 e. The summed E-state index contributed by atoms with van der Waals surface area (Å²) < 4.78 is 24.1. The summed E-state index contributed by atoms with van der Waals surface area (Å²) in [6, 6.07) is 6.74. The van der Waals surface area contributed by atoms with E-state index in [0.717, 1.165) is 29.2 Å². The molecular weight excluding hydrogens is 280 g/mol. The topological polar surface area (TPSA) is 58.5 Å². The Hall–Kier alpha value is -1.01. The van der Waals surface area contributed by atoms with Crippen LogP contribution in [0.4, 0.5) is 0 Å². The van der Waals surface area contributed by atoms with Gasteiger partial charge in [0, 0.05) is 17.4 Å². The monoisotopic (exact) mass is 298 g/mol. The van der Waals surface area contributed by atoms with E-state index in [0.29, 0.717) is 5.92 Å². The first-order valence-corrected chi connectivity index (χ1v) is 8.83. The molecule has 6 heteroatoms. The maximum absolute atomic E-state index is 12.0. The van der Waals surface area contributed by atoms with E-state index >= 15 is 0 Å². The van der Waals surface area contributed by atoms with Gasteiger partial charge in [0.05, 0.1) is 4.90 Å². The van der Waals surface area contributed by atoms with Crippen molar-refractivity contribution in [3.8, 4) is 0 Å². The van der Waals surface area contributed by atoms with E-state index in [1.165, 1.54) is 0 Å². The van der Waals surface area contributed by atoms with E-state index in [1.807, 2.05) is 25.6 Å². The van der Waals surface area contributed by atoms with Gasteiger partial charge in [0.25, 0.3) is 10.0 Å². The molecule has 0 spiro atoms. The normalized spacial score (nSPS) is 20.5. The lowest BCUT2D eigenvalue weighted by Crippen LogP contribution is -2.22. The van der Waals surface area contributed by atoms with Crippen molar-refractivity contribution < 1.29 is 8.42 Å². The number of thioether (sulfide) groups is 1. The van der Waals surface area contributed by atoms with Crippen LogP contribution in [0.1, 0.15) is 18.9 Å². The Morgan fingerprint density at radius 1 is 1.37 bits per heavy atom. The first-order valence-electron chi connectivity index (χ1n) is 6.19. The summed E-state index contributed by atoms with van der Waals surface area (Å²) in [6.07, 6.45) is 1.08. The van der Waals surface area contributed by atoms with Crippen molar-refractivity contribution in [3.63, 3.8) is 0 Å². The molecule has 1 heterocycles. The van der Waals surface area contributed by atoms with Gasteiger partial charge in [0.1, 0.15) is 0 Å². The molecule has 4 nitrogen and oxygen atoms in total. The Morgan fingerprint density at radius 3 is 2.63 bits per heavy atom. The van der Waals surface area contributed by atoms with Crippen LogP contribution in [0.5, 0.6) is 0 Å². The van der Waals surface area contributed by atoms with Gasteiger partial charge in [-0.05, 0) is 38.2 Å². The minimum atomic E-state index is -3.55. The van der Waals surface area contributed by atoms with Crippen LogP contribution in [0.2, 0.25) is 0 Å². The second kappa shape index (κ2) is 5.96. The molecule has 1 aliphatic rings. The average molecular weight is 298 g/mol. The van der Waals surface area contributed by atoms with Gasteiger partial charge >= 0.3 is 0 Å². The Bertz CT molecular complexity index is 559. The lowest BCUT2D eigenvalue weighted by Gasteiger charge is -2.09. The number of hydrogen-bond acceptors (Lipinski definition) is 4. The van der Waals surface area contributed by atoms with E-state index in [-0.39, 0.29) is 4.90 Å². The number of sulfonamides is 1. The summed E-state index contributed by atoms with van der Waals surface area (Å²) in [4.78, 5) is 2.57. The molecule has 0 bridgehead atoms. The summed E-state index contributed by atoms with van der Waals surface area (Å²) in [5.74, 6) is 2.55. The number of nitrogens with zero attached hydrogens (tertiary/aromatic N) is 1. The van der Waals surface area contributed by atoms with E-state index in [2.05, 4.69) is 9.93 Å². The second-order valence-electron chi connectivity index (χ2n) is 4.72. The predicted octanol–water partition coefficient (Wildman–Crippen LogP) is 2.40. The molecule has 0 aromatic heterocycles. The average Bonchev–Trinajstić information content (AvgIpc) is 2.90. The molecule has 0 aliphatic carbocycles. The Labute approximate surface area is 118 Å². The van der Waals surface area contributed by atoms with Gasteiger partial charge in [-0.3, -0.25) is 0 Å². The molecule has 1 unspecified atom stereocenters. The van der Waals surface area contributed by atoms with E-state index in [9.17, 15) is 8.42 Å². The highest BCUT2D eigenvalue weighted by molar-refractivity contribution is 7.99. The van der Waals surface area contributed by atoms with Crippen LogP contribution in [-0.4, -0.2) is 25.6 Å². The van der Waals surface area contributed by atoms with Crippen molar-refractivity contribution in [1.82, 2.24) is 4.83 Å². The van der Waals surface area contributed by atoms with Gasteiger partial charge in [-0.15, -0.1) is 0 Å². The van der Waals surface area contributed by atoms with Crippen LogP contribution >= 0.6 is 11.8 Å². The molecular formula is C13H18N2O2S2. The molecule has 1 fully saturated rings. The SMILES string of the molecule is CC(=NNS(=O)(=O)c1ccc(C)cc1)C1CCSC1. The molecule has 1 aromatic rings. The molecule has 104 valence electrons. The quantitative estimate of drug-likeness (QED) is 0.686. The second-order valence-corrected chi connectivity index (χ2v) is 7.53. The molecule has 1 saturated heterocycles. The summed E-state index contributed by atoms with van der Waals surface area (Å²) >= 11 is 1.88. The Balaban J connectivity index is 2.08. The van der Waals surface area contributed by atoms with E-state index in [4.69, 9.17) is 0 Å². The zero-order chi connectivity index (χ0) is 13.9. The first kappa shape index (κ1) is 14.4. The first-order chi connectivity index (χ1) is 8.99. The van der Waals surface area contributed by atoms with Crippen molar-refractivity contribution in [3.05, 3.63) is 29.8 Å². The molecule has 1 atom stereocenters. The summed E-state index contributed by atoms with van der Waals surface area (Å²) in [5.41, 5.74) is 1.89. The van der Waals surface area contributed by atoms with Crippen LogP contribution in [0.25, 0.3) is 0 Å². The van der Waals surface area contributed by atoms with Crippen molar-refractivity contribution in [2.75, 3.05) is 11.5 Å². The fourth-order valence-electron chi connectivity index (χ4n) is 1.86. The highest BCUT2D eigenvalue weighted by Gasteiger charge is 2.19. The summed E-state index contributed by atoms with van der Waals surface area (Å²) in [5, 5.41) is 4.04.